The molecule has 2 fully saturated rings. The van der Waals surface area contributed by atoms with E-state index < -0.39 is 0 Å². The van der Waals surface area contributed by atoms with Crippen molar-refractivity contribution in [3.8, 4) is 5.75 Å². The number of hydrogen-bond acceptors (Lipinski definition) is 10. The van der Waals surface area contributed by atoms with Crippen LogP contribution < -0.4 is 15.0 Å². The molecular weight excluding hydrogens is 540 g/mol. The third kappa shape index (κ3) is 7.56. The Morgan fingerprint density at radius 3 is 2.46 bits per heavy atom. The van der Waals surface area contributed by atoms with Gasteiger partial charge in [0.05, 0.1) is 13.2 Å². The minimum Gasteiger partial charge on any atom is -0.487 e. The van der Waals surface area contributed by atoms with Crippen LogP contribution in [0.15, 0.2) is 40.4 Å². The number of hydrogen-bond donors (Lipinski definition) is 2. The molecule has 1 aliphatic carbocycles. The Bertz CT molecular complexity index is 1360. The lowest BCUT2D eigenvalue weighted by molar-refractivity contribution is -0.132. The van der Waals surface area contributed by atoms with Gasteiger partial charge in [-0.3, -0.25) is 14.7 Å². The van der Waals surface area contributed by atoms with Gasteiger partial charge in [0.2, 0.25) is 11.7 Å². The maximum absolute atomic E-state index is 12.6. The lowest BCUT2D eigenvalue weighted by atomic mass is 10.1. The number of amides is 1. The number of ketones is 1. The minimum atomic E-state index is 0.122. The number of Topliss-reactive ketones (excluding diaryl/α,β-unsaturated/α-hetero) is 1. The Morgan fingerprint density at radius 1 is 1.12 bits per heavy atom. The van der Waals surface area contributed by atoms with E-state index >= 15 is 0 Å². The van der Waals surface area contributed by atoms with Crippen molar-refractivity contribution in [1.82, 2.24) is 30.0 Å². The number of aromatic nitrogens is 4. The van der Waals surface area contributed by atoms with Gasteiger partial charge >= 0.3 is 0 Å². The van der Waals surface area contributed by atoms with Gasteiger partial charge in [0.25, 0.3) is 0 Å². The Morgan fingerprint density at radius 2 is 1.85 bits per heavy atom. The number of ether oxygens (including phenoxy) is 1. The molecule has 3 aromatic rings. The summed E-state index contributed by atoms with van der Waals surface area (Å²) in [5, 5.41) is 11.2. The molecule has 2 aromatic heterocycles. The zero-order valence-corrected chi connectivity index (χ0v) is 25.0. The van der Waals surface area contributed by atoms with Crippen LogP contribution in [0.2, 0.25) is 0 Å². The van der Waals surface area contributed by atoms with E-state index in [0.717, 1.165) is 29.0 Å². The number of H-pyrrole nitrogens is 1. The summed E-state index contributed by atoms with van der Waals surface area (Å²) in [7, 11) is 3.80. The lowest BCUT2D eigenvalue weighted by Crippen LogP contribution is -2.51. The highest BCUT2D eigenvalue weighted by Gasteiger charge is 2.29. The Hall–Kier alpha value is -3.64. The molecule has 0 unspecified atom stereocenters. The van der Waals surface area contributed by atoms with Crippen LogP contribution in [0.25, 0.3) is 0 Å². The van der Waals surface area contributed by atoms with Gasteiger partial charge < -0.3 is 24.8 Å². The number of aryl methyl sites for hydroxylation is 1. The van der Waals surface area contributed by atoms with E-state index in [4.69, 9.17) is 14.7 Å². The van der Waals surface area contributed by atoms with Crippen molar-refractivity contribution in [3.63, 3.8) is 0 Å². The number of benzene rings is 1. The molecule has 11 nitrogen and oxygen atoms in total. The number of likely N-dealkylation sites (N-methyl/N-ethyl adjacent to an activating group) is 1. The van der Waals surface area contributed by atoms with E-state index in [1.54, 1.807) is 0 Å². The van der Waals surface area contributed by atoms with Gasteiger partial charge in [-0.1, -0.05) is 12.1 Å². The monoisotopic (exact) mass is 578 g/mol. The standard InChI is InChI=1S/C29H38N8O3S/c1-5-40-26-27(30-24-16-19(2)33-34-24)31-29(41-22-10-6-20(7-11-22)17-23(38)21-8-9-21)32-28(26)37-14-12-36(13-15-37)25(39)18-35(3)4/h6-7,10-11,16,21H,5,8-9,12-15,17-18H2,1-4H3,(H2,30,31,32,33,34). The zero-order chi connectivity index (χ0) is 28.9. The number of anilines is 3. The fraction of sp³-hybridized carbons (Fsp3) is 0.483. The largest absolute Gasteiger partial charge is 0.487 e. The van der Waals surface area contributed by atoms with Crippen LogP contribution in [0, 0.1) is 12.8 Å². The summed E-state index contributed by atoms with van der Waals surface area (Å²) >= 11 is 1.45. The van der Waals surface area contributed by atoms with E-state index in [-0.39, 0.29) is 11.8 Å². The highest BCUT2D eigenvalue weighted by molar-refractivity contribution is 7.99. The topological polar surface area (TPSA) is 120 Å². The quantitative estimate of drug-likeness (QED) is 0.309. The van der Waals surface area contributed by atoms with E-state index in [9.17, 15) is 9.59 Å². The zero-order valence-electron chi connectivity index (χ0n) is 24.1. The number of nitrogens with one attached hydrogen (secondary N) is 2. The predicted octanol–water partition coefficient (Wildman–Crippen LogP) is 3.53. The lowest BCUT2D eigenvalue weighted by Gasteiger charge is -2.36. The minimum absolute atomic E-state index is 0.122. The smallest absolute Gasteiger partial charge is 0.236 e. The average molecular weight is 579 g/mol. The van der Waals surface area contributed by atoms with Crippen molar-refractivity contribution < 1.29 is 14.3 Å². The van der Waals surface area contributed by atoms with Gasteiger partial charge in [-0.25, -0.2) is 9.97 Å². The van der Waals surface area contributed by atoms with Crippen LogP contribution in [0.5, 0.6) is 5.75 Å². The first kappa shape index (κ1) is 28.9. The molecule has 5 rings (SSSR count). The van der Waals surface area contributed by atoms with Gasteiger partial charge in [0.15, 0.2) is 22.6 Å². The van der Waals surface area contributed by atoms with Crippen molar-refractivity contribution in [2.45, 2.75) is 43.2 Å². The number of carbonyl (C=O) groups excluding carboxylic acids is 2. The molecular formula is C29H38N8O3S. The summed E-state index contributed by atoms with van der Waals surface area (Å²) in [5.74, 6) is 3.12. The average Bonchev–Trinajstić information content (AvgIpc) is 3.72. The summed E-state index contributed by atoms with van der Waals surface area (Å²) < 4.78 is 6.11. The van der Waals surface area contributed by atoms with Crippen LogP contribution >= 0.6 is 11.8 Å². The third-order valence-electron chi connectivity index (χ3n) is 7.00. The van der Waals surface area contributed by atoms with Crippen LogP contribution in [-0.2, 0) is 16.0 Å². The van der Waals surface area contributed by atoms with Crippen molar-refractivity contribution in [2.24, 2.45) is 5.92 Å². The van der Waals surface area contributed by atoms with Crippen molar-refractivity contribution >= 4 is 40.9 Å². The molecule has 1 aromatic carbocycles. The SMILES string of the molecule is CCOc1c(Nc2cc(C)[nH]n2)nc(Sc2ccc(CC(=O)C3CC3)cc2)nc1N1CCN(C(=O)CN(C)C)CC1. The van der Waals surface area contributed by atoms with Gasteiger partial charge in [0, 0.05) is 55.2 Å². The highest BCUT2D eigenvalue weighted by atomic mass is 32.2. The molecule has 0 bridgehead atoms. The van der Waals surface area contributed by atoms with Crippen LogP contribution in [0.3, 0.4) is 0 Å². The van der Waals surface area contributed by atoms with Crippen LogP contribution in [0.1, 0.15) is 31.0 Å². The Labute approximate surface area is 245 Å². The van der Waals surface area contributed by atoms with Crippen molar-refractivity contribution in [2.75, 3.05) is 63.6 Å². The van der Waals surface area contributed by atoms with E-state index in [1.165, 1.54) is 11.8 Å². The number of rotatable bonds is 12. The summed E-state index contributed by atoms with van der Waals surface area (Å²) in [6, 6.07) is 9.94. The van der Waals surface area contributed by atoms with Gasteiger partial charge in [0.1, 0.15) is 5.78 Å². The van der Waals surface area contributed by atoms with Gasteiger partial charge in [-0.15, -0.1) is 0 Å². The molecule has 2 N–H and O–H groups in total. The van der Waals surface area contributed by atoms with Crippen molar-refractivity contribution in [1.29, 1.82) is 0 Å². The molecule has 1 saturated carbocycles. The molecule has 0 radical (unpaired) electrons. The molecule has 0 spiro atoms. The van der Waals surface area contributed by atoms with Crippen LogP contribution in [-0.4, -0.2) is 95.1 Å². The summed E-state index contributed by atoms with van der Waals surface area (Å²) in [6.07, 6.45) is 2.54. The van der Waals surface area contributed by atoms with E-state index in [0.29, 0.717) is 79.9 Å². The fourth-order valence-electron chi connectivity index (χ4n) is 4.71. The second-order valence-electron chi connectivity index (χ2n) is 10.8. The molecule has 1 aliphatic heterocycles. The molecule has 2 aliphatic rings. The summed E-state index contributed by atoms with van der Waals surface area (Å²) in [5.41, 5.74) is 1.95. The second kappa shape index (κ2) is 12.9. The summed E-state index contributed by atoms with van der Waals surface area (Å²) in [6.45, 7) is 7.18. The number of carbonyl (C=O) groups is 2. The Balaban J connectivity index is 1.40. The van der Waals surface area contributed by atoms with Crippen molar-refractivity contribution in [3.05, 3.63) is 41.6 Å². The fourth-order valence-corrected chi connectivity index (χ4v) is 5.47. The summed E-state index contributed by atoms with van der Waals surface area (Å²) in [4.78, 5) is 41.6. The van der Waals surface area contributed by atoms with E-state index in [2.05, 4.69) is 20.4 Å². The molecule has 3 heterocycles. The maximum atomic E-state index is 12.6. The molecule has 1 amide bonds. The van der Waals surface area contributed by atoms with Crippen LogP contribution in [0.4, 0.5) is 17.5 Å². The first-order valence-corrected chi connectivity index (χ1v) is 14.9. The third-order valence-corrected chi connectivity index (χ3v) is 7.87. The molecule has 12 heteroatoms. The molecule has 41 heavy (non-hydrogen) atoms. The van der Waals surface area contributed by atoms with Gasteiger partial charge in [-0.05, 0) is 70.2 Å². The normalized spacial score (nSPS) is 15.3. The number of aromatic amines is 1. The molecule has 0 atom stereocenters. The number of piperazine rings is 1. The number of nitrogens with zero attached hydrogens (tertiary/aromatic N) is 6. The Kier molecular flexibility index (Phi) is 9.09. The second-order valence-corrected chi connectivity index (χ2v) is 11.8. The van der Waals surface area contributed by atoms with E-state index in [1.807, 2.05) is 68.1 Å². The highest BCUT2D eigenvalue weighted by Crippen LogP contribution is 2.39. The first-order valence-electron chi connectivity index (χ1n) is 14.1. The van der Waals surface area contributed by atoms with Gasteiger partial charge in [-0.2, -0.15) is 5.10 Å². The first-order chi connectivity index (χ1) is 19.8. The molecule has 218 valence electrons. The predicted molar refractivity (Wildman–Crippen MR) is 159 cm³/mol. The maximum Gasteiger partial charge on any atom is 0.236 e. The molecule has 1 saturated heterocycles.